The number of ether oxygens (including phenoxy) is 2. The molecule has 0 aromatic rings. The lowest BCUT2D eigenvalue weighted by atomic mass is 10.00. The van der Waals surface area contributed by atoms with Crippen molar-refractivity contribution >= 4 is 11.8 Å². The monoisotopic (exact) mass is 594 g/mol. The van der Waals surface area contributed by atoms with Crippen molar-refractivity contribution in [2.45, 2.75) is 198 Å². The number of esters is 1. The summed E-state index contributed by atoms with van der Waals surface area (Å²) in [5.74, 6) is -0.343. The van der Waals surface area contributed by atoms with Crippen LogP contribution in [0.3, 0.4) is 0 Å². The smallest absolute Gasteiger partial charge is 0.334 e. The molecule has 0 aliphatic carbocycles. The fraction of sp³-hybridized carbons (Fsp3) is 0.886. The maximum atomic E-state index is 11.8. The van der Waals surface area contributed by atoms with Gasteiger partial charge in [-0.15, -0.1) is 0 Å². The molecular weight excluding hydrogens is 532 g/mol. The van der Waals surface area contributed by atoms with Gasteiger partial charge < -0.3 is 24.8 Å². The summed E-state index contributed by atoms with van der Waals surface area (Å²) in [6.07, 6.45) is 23.4. The summed E-state index contributed by atoms with van der Waals surface area (Å²) < 4.78 is 11.4. The van der Waals surface area contributed by atoms with Crippen LogP contribution in [0.1, 0.15) is 162 Å². The largest absolute Gasteiger partial charge is 0.455 e. The number of unbranched alkanes of at least 4 members (excludes halogenated alkanes) is 12. The predicted octanol–water partition coefficient (Wildman–Crippen LogP) is 7.27. The molecule has 1 saturated heterocycles. The Morgan fingerprint density at radius 3 is 1.74 bits per heavy atom. The number of carbonyl (C=O) groups is 2. The lowest BCUT2D eigenvalue weighted by molar-refractivity contribution is -0.140. The van der Waals surface area contributed by atoms with Crippen LogP contribution in [-0.4, -0.2) is 63.7 Å². The Kier molecular flexibility index (Phi) is 19.6. The average molecular weight is 595 g/mol. The summed E-state index contributed by atoms with van der Waals surface area (Å²) in [5.41, 5.74) is 0.512. The summed E-state index contributed by atoms with van der Waals surface area (Å²) >= 11 is 0. The molecule has 0 aromatic heterocycles. The molecular formula is C35H62O7. The van der Waals surface area contributed by atoms with E-state index >= 15 is 0 Å². The second kappa shape index (κ2) is 22.3. The first-order valence-corrected chi connectivity index (χ1v) is 17.4. The Hall–Kier alpha value is -1.28. The molecule has 2 aliphatic heterocycles. The van der Waals surface area contributed by atoms with Gasteiger partial charge in [-0.25, -0.2) is 4.79 Å². The molecule has 0 radical (unpaired) electrons. The van der Waals surface area contributed by atoms with Gasteiger partial charge in [0.15, 0.2) is 0 Å². The van der Waals surface area contributed by atoms with Crippen molar-refractivity contribution in [3.63, 3.8) is 0 Å². The van der Waals surface area contributed by atoms with Gasteiger partial charge in [0.25, 0.3) is 0 Å². The number of hydrogen-bond donors (Lipinski definition) is 3. The van der Waals surface area contributed by atoms with E-state index in [9.17, 15) is 24.9 Å². The molecule has 2 aliphatic rings. The van der Waals surface area contributed by atoms with Gasteiger partial charge in [0.2, 0.25) is 0 Å². The zero-order valence-electron chi connectivity index (χ0n) is 26.8. The fourth-order valence-corrected chi connectivity index (χ4v) is 6.39. The van der Waals surface area contributed by atoms with E-state index in [0.29, 0.717) is 5.57 Å². The first-order chi connectivity index (χ1) is 20.3. The minimum Gasteiger partial charge on any atom is -0.455 e. The van der Waals surface area contributed by atoms with E-state index in [-0.39, 0.29) is 42.6 Å². The predicted molar refractivity (Wildman–Crippen MR) is 167 cm³/mol. The van der Waals surface area contributed by atoms with Crippen LogP contribution in [0.4, 0.5) is 0 Å². The minimum absolute atomic E-state index is 0.0104. The zero-order valence-corrected chi connectivity index (χ0v) is 26.8. The van der Waals surface area contributed by atoms with Gasteiger partial charge in [0, 0.05) is 12.0 Å². The highest BCUT2D eigenvalue weighted by Gasteiger charge is 2.34. The van der Waals surface area contributed by atoms with Crippen molar-refractivity contribution in [1.82, 2.24) is 0 Å². The first kappa shape index (κ1) is 36.9. The van der Waals surface area contributed by atoms with Crippen LogP contribution in [-0.2, 0) is 19.1 Å². The lowest BCUT2D eigenvalue weighted by Gasteiger charge is -2.22. The maximum absolute atomic E-state index is 11.8. The third-order valence-electron chi connectivity index (χ3n) is 8.94. The number of hydrogen-bond acceptors (Lipinski definition) is 7. The van der Waals surface area contributed by atoms with E-state index in [0.717, 1.165) is 96.3 Å². The van der Waals surface area contributed by atoms with Crippen LogP contribution in [0.25, 0.3) is 0 Å². The number of ketones is 1. The molecule has 2 heterocycles. The SMILES string of the molecule is CCC[C@H](O)CCCCCCCC[C@H](O)[C@H]1CC[C@H]([C@H](O)CCCCCCCCCC[C@@H]2C=C(CC(C)=O)C(=O)O2)O1. The van der Waals surface area contributed by atoms with E-state index in [4.69, 9.17) is 9.47 Å². The number of aliphatic hydroxyl groups is 3. The summed E-state index contributed by atoms with van der Waals surface area (Å²) in [6, 6.07) is 0. The Bertz CT molecular complexity index is 766. The van der Waals surface area contributed by atoms with E-state index < -0.39 is 12.2 Å². The van der Waals surface area contributed by atoms with Crippen molar-refractivity contribution < 1.29 is 34.4 Å². The van der Waals surface area contributed by atoms with E-state index in [1.165, 1.54) is 51.9 Å². The number of cyclic esters (lactones) is 1. The van der Waals surface area contributed by atoms with Crippen LogP contribution in [0.15, 0.2) is 11.6 Å². The summed E-state index contributed by atoms with van der Waals surface area (Å²) in [7, 11) is 0. The molecule has 0 spiro atoms. The van der Waals surface area contributed by atoms with Gasteiger partial charge >= 0.3 is 5.97 Å². The van der Waals surface area contributed by atoms with Gasteiger partial charge in [-0.05, 0) is 64.4 Å². The standard InChI is InChI=1S/C35H62O7/c1-3-18-29(37)19-14-10-8-9-13-17-22-32(39)34-24-23-33(42-34)31(38)21-16-12-7-5-4-6-11-15-20-30-26-28(25-27(2)36)35(40)41-30/h26,29-34,37-39H,3-25H2,1-2H3/t29-,30+,31+,32-,33+,34+/m0/s1. The molecule has 6 atom stereocenters. The van der Waals surface area contributed by atoms with Gasteiger partial charge in [-0.2, -0.15) is 0 Å². The Balaban J connectivity index is 1.39. The molecule has 7 heteroatoms. The van der Waals surface area contributed by atoms with Crippen LogP contribution < -0.4 is 0 Å². The van der Waals surface area contributed by atoms with Gasteiger partial charge in [-0.3, -0.25) is 4.79 Å². The lowest BCUT2D eigenvalue weighted by Crippen LogP contribution is -2.31. The highest BCUT2D eigenvalue weighted by atomic mass is 16.5. The third-order valence-corrected chi connectivity index (χ3v) is 8.94. The van der Waals surface area contributed by atoms with Crippen LogP contribution in [0.2, 0.25) is 0 Å². The average Bonchev–Trinajstić information content (AvgIpc) is 3.58. The van der Waals surface area contributed by atoms with Crippen molar-refractivity contribution in [3.8, 4) is 0 Å². The highest BCUT2D eigenvalue weighted by molar-refractivity contribution is 5.96. The molecule has 0 unspecified atom stereocenters. The molecule has 2 rings (SSSR count). The summed E-state index contributed by atoms with van der Waals surface area (Å²) in [6.45, 7) is 3.60. The molecule has 0 bridgehead atoms. The van der Waals surface area contributed by atoms with Gasteiger partial charge in [0.1, 0.15) is 11.9 Å². The van der Waals surface area contributed by atoms with Crippen LogP contribution >= 0.6 is 0 Å². The van der Waals surface area contributed by atoms with E-state index in [1.54, 1.807) is 0 Å². The first-order valence-electron chi connectivity index (χ1n) is 17.4. The van der Waals surface area contributed by atoms with Crippen molar-refractivity contribution in [3.05, 3.63) is 11.6 Å². The Labute approximate surface area is 255 Å². The number of carbonyl (C=O) groups excluding carboxylic acids is 2. The van der Waals surface area contributed by atoms with E-state index in [1.807, 2.05) is 6.08 Å². The molecule has 244 valence electrons. The molecule has 7 nitrogen and oxygen atoms in total. The maximum Gasteiger partial charge on any atom is 0.334 e. The van der Waals surface area contributed by atoms with Crippen molar-refractivity contribution in [2.75, 3.05) is 0 Å². The Morgan fingerprint density at radius 1 is 0.762 bits per heavy atom. The van der Waals surface area contributed by atoms with E-state index in [2.05, 4.69) is 6.92 Å². The molecule has 0 saturated carbocycles. The number of rotatable bonds is 26. The van der Waals surface area contributed by atoms with Gasteiger partial charge in [0.05, 0.1) is 30.5 Å². The van der Waals surface area contributed by atoms with Gasteiger partial charge in [-0.1, -0.05) is 96.8 Å². The summed E-state index contributed by atoms with van der Waals surface area (Å²) in [5, 5.41) is 31.0. The zero-order chi connectivity index (χ0) is 30.6. The number of Topliss-reactive ketones (excluding diaryl/α,β-unsaturated/α-hetero) is 1. The van der Waals surface area contributed by atoms with Crippen LogP contribution in [0, 0.1) is 0 Å². The fourth-order valence-electron chi connectivity index (χ4n) is 6.39. The molecule has 1 fully saturated rings. The van der Waals surface area contributed by atoms with Crippen molar-refractivity contribution in [2.24, 2.45) is 0 Å². The molecule has 42 heavy (non-hydrogen) atoms. The number of aliphatic hydroxyl groups excluding tert-OH is 3. The second-order valence-electron chi connectivity index (χ2n) is 13.0. The topological polar surface area (TPSA) is 113 Å². The quantitative estimate of drug-likeness (QED) is 0.0713. The minimum atomic E-state index is -0.437. The second-order valence-corrected chi connectivity index (χ2v) is 13.0. The Morgan fingerprint density at radius 2 is 1.24 bits per heavy atom. The van der Waals surface area contributed by atoms with Crippen LogP contribution in [0.5, 0.6) is 0 Å². The van der Waals surface area contributed by atoms with Crippen molar-refractivity contribution in [1.29, 1.82) is 0 Å². The molecule has 0 aromatic carbocycles. The molecule has 0 amide bonds. The normalized spacial score (nSPS) is 22.6. The molecule has 3 N–H and O–H groups in total. The summed E-state index contributed by atoms with van der Waals surface area (Å²) in [4.78, 5) is 23.0. The third kappa shape index (κ3) is 16.0. The highest BCUT2D eigenvalue weighted by Crippen LogP contribution is 2.28.